The summed E-state index contributed by atoms with van der Waals surface area (Å²) in [5, 5.41) is 12.7. The smallest absolute Gasteiger partial charge is 0.253 e. The number of nitrogens with zero attached hydrogens (tertiary/aromatic N) is 1. The molecule has 0 aromatic heterocycles. The molecule has 1 atom stereocenters. The van der Waals surface area contributed by atoms with E-state index in [2.05, 4.69) is 5.32 Å². The lowest BCUT2D eigenvalue weighted by molar-refractivity contribution is -0.128. The van der Waals surface area contributed by atoms with Crippen LogP contribution in [-0.2, 0) is 4.79 Å². The molecule has 0 saturated carbocycles. The van der Waals surface area contributed by atoms with Gasteiger partial charge in [0, 0.05) is 23.7 Å². The van der Waals surface area contributed by atoms with Crippen molar-refractivity contribution in [3.63, 3.8) is 0 Å². The van der Waals surface area contributed by atoms with E-state index in [9.17, 15) is 14.7 Å². The maximum atomic E-state index is 12.5. The Hall–Kier alpha value is -1.59. The number of halogens is 1. The molecule has 5 nitrogen and oxygen atoms in total. The number of nitrogens with one attached hydrogen (secondary N) is 1. The number of carbonyl (C=O) groups is 2. The van der Waals surface area contributed by atoms with Gasteiger partial charge in [0.1, 0.15) is 0 Å². The lowest BCUT2D eigenvalue weighted by Crippen LogP contribution is -2.52. The van der Waals surface area contributed by atoms with Crippen LogP contribution in [-0.4, -0.2) is 47.1 Å². The normalized spacial score (nSPS) is 18.6. The van der Waals surface area contributed by atoms with E-state index in [1.807, 2.05) is 0 Å². The zero-order valence-electron chi connectivity index (χ0n) is 13.5. The molecule has 0 bridgehead atoms. The molecule has 2 N–H and O–H groups in total. The van der Waals surface area contributed by atoms with Crippen LogP contribution in [0.15, 0.2) is 24.3 Å². The largest absolute Gasteiger partial charge is 0.394 e. The Kier molecular flexibility index (Phi) is 5.65. The van der Waals surface area contributed by atoms with Gasteiger partial charge in [-0.25, -0.2) is 0 Å². The number of aliphatic hydroxyl groups is 1. The van der Waals surface area contributed by atoms with Gasteiger partial charge in [-0.1, -0.05) is 11.6 Å². The first-order valence-electron chi connectivity index (χ1n) is 7.80. The first-order chi connectivity index (χ1) is 10.8. The summed E-state index contributed by atoms with van der Waals surface area (Å²) in [6.45, 7) is 4.46. The van der Waals surface area contributed by atoms with E-state index < -0.39 is 5.54 Å². The van der Waals surface area contributed by atoms with Crippen LogP contribution in [0, 0.1) is 5.92 Å². The van der Waals surface area contributed by atoms with Crippen molar-refractivity contribution in [2.75, 3.05) is 19.7 Å². The molecule has 6 heteroatoms. The Morgan fingerprint density at radius 3 is 2.61 bits per heavy atom. The highest BCUT2D eigenvalue weighted by Gasteiger charge is 2.31. The van der Waals surface area contributed by atoms with Crippen LogP contribution >= 0.6 is 11.6 Å². The van der Waals surface area contributed by atoms with E-state index >= 15 is 0 Å². The van der Waals surface area contributed by atoms with Gasteiger partial charge in [0.15, 0.2) is 0 Å². The van der Waals surface area contributed by atoms with Crippen LogP contribution in [0.2, 0.25) is 5.02 Å². The van der Waals surface area contributed by atoms with Gasteiger partial charge in [0.05, 0.1) is 18.1 Å². The molecule has 1 saturated heterocycles. The molecular weight excluding hydrogens is 316 g/mol. The molecule has 1 unspecified atom stereocenters. The van der Waals surface area contributed by atoms with Crippen LogP contribution in [0.25, 0.3) is 0 Å². The summed E-state index contributed by atoms with van der Waals surface area (Å²) in [5.74, 6) is -0.441. The fourth-order valence-electron chi connectivity index (χ4n) is 2.63. The fraction of sp³-hybridized carbons (Fsp3) is 0.529. The van der Waals surface area contributed by atoms with Crippen molar-refractivity contribution in [2.24, 2.45) is 5.92 Å². The second-order valence-corrected chi connectivity index (χ2v) is 7.06. The first kappa shape index (κ1) is 17.8. The summed E-state index contributed by atoms with van der Waals surface area (Å²) >= 11 is 5.84. The molecule has 23 heavy (non-hydrogen) atoms. The summed E-state index contributed by atoms with van der Waals surface area (Å²) in [5.41, 5.74) is -0.0781. The molecule has 1 aliphatic heterocycles. The van der Waals surface area contributed by atoms with Gasteiger partial charge in [-0.05, 0) is 51.0 Å². The number of hydrogen-bond acceptors (Lipinski definition) is 3. The zero-order valence-corrected chi connectivity index (χ0v) is 14.3. The molecule has 1 aromatic carbocycles. The van der Waals surface area contributed by atoms with Gasteiger partial charge >= 0.3 is 0 Å². The number of benzene rings is 1. The van der Waals surface area contributed by atoms with E-state index in [1.165, 1.54) is 0 Å². The predicted molar refractivity (Wildman–Crippen MR) is 89.4 cm³/mol. The second kappa shape index (κ2) is 7.32. The Bertz CT molecular complexity index is 572. The number of rotatable bonds is 4. The monoisotopic (exact) mass is 338 g/mol. The van der Waals surface area contributed by atoms with Crippen molar-refractivity contribution in [1.82, 2.24) is 10.2 Å². The van der Waals surface area contributed by atoms with Crippen LogP contribution < -0.4 is 5.32 Å². The minimum atomic E-state index is -0.653. The minimum absolute atomic E-state index is 0.0828. The van der Waals surface area contributed by atoms with Gasteiger partial charge in [0.25, 0.3) is 5.91 Å². The molecule has 1 heterocycles. The van der Waals surface area contributed by atoms with Crippen molar-refractivity contribution in [1.29, 1.82) is 0 Å². The van der Waals surface area contributed by atoms with Crippen molar-refractivity contribution in [3.8, 4) is 0 Å². The molecule has 1 fully saturated rings. The van der Waals surface area contributed by atoms with Crippen molar-refractivity contribution in [2.45, 2.75) is 32.2 Å². The lowest BCUT2D eigenvalue weighted by Gasteiger charge is -2.34. The molecule has 2 amide bonds. The highest BCUT2D eigenvalue weighted by atomic mass is 35.5. The van der Waals surface area contributed by atoms with Gasteiger partial charge in [-0.3, -0.25) is 9.59 Å². The van der Waals surface area contributed by atoms with Crippen LogP contribution in [0.5, 0.6) is 0 Å². The maximum Gasteiger partial charge on any atom is 0.253 e. The number of aliphatic hydroxyl groups excluding tert-OH is 1. The van der Waals surface area contributed by atoms with Crippen molar-refractivity contribution in [3.05, 3.63) is 34.9 Å². The van der Waals surface area contributed by atoms with E-state index in [0.717, 1.165) is 12.8 Å². The van der Waals surface area contributed by atoms with Crippen LogP contribution in [0.1, 0.15) is 37.0 Å². The van der Waals surface area contributed by atoms with Gasteiger partial charge in [-0.15, -0.1) is 0 Å². The molecule has 126 valence electrons. The quantitative estimate of drug-likeness (QED) is 0.883. The predicted octanol–water partition coefficient (Wildman–Crippen LogP) is 2.08. The SMILES string of the molecule is CC(C)(CO)NC(=O)C1CCCN(C(=O)c2ccc(Cl)cc2)C1. The van der Waals surface area contributed by atoms with Gasteiger partial charge < -0.3 is 15.3 Å². The molecule has 2 rings (SSSR count). The van der Waals surface area contributed by atoms with Crippen molar-refractivity contribution < 1.29 is 14.7 Å². The molecule has 1 aromatic rings. The van der Waals surface area contributed by atoms with Crippen LogP contribution in [0.3, 0.4) is 0 Å². The third-order valence-electron chi connectivity index (χ3n) is 4.03. The number of likely N-dealkylation sites (tertiary alicyclic amines) is 1. The third-order valence-corrected chi connectivity index (χ3v) is 4.28. The zero-order chi connectivity index (χ0) is 17.0. The van der Waals surface area contributed by atoms with Gasteiger partial charge in [0.2, 0.25) is 5.91 Å². The molecule has 0 radical (unpaired) electrons. The van der Waals surface area contributed by atoms with E-state index in [1.54, 1.807) is 43.0 Å². The fourth-order valence-corrected chi connectivity index (χ4v) is 2.75. The lowest BCUT2D eigenvalue weighted by atomic mass is 9.95. The topological polar surface area (TPSA) is 69.6 Å². The third kappa shape index (κ3) is 4.69. The molecular formula is C17H23ClN2O3. The minimum Gasteiger partial charge on any atom is -0.394 e. The van der Waals surface area contributed by atoms with Crippen molar-refractivity contribution >= 4 is 23.4 Å². The number of piperidine rings is 1. The Morgan fingerprint density at radius 2 is 2.00 bits per heavy atom. The number of carbonyl (C=O) groups excluding carboxylic acids is 2. The maximum absolute atomic E-state index is 12.5. The highest BCUT2D eigenvalue weighted by molar-refractivity contribution is 6.30. The summed E-state index contributed by atoms with van der Waals surface area (Å²) in [6.07, 6.45) is 1.54. The Labute approximate surface area is 141 Å². The van der Waals surface area contributed by atoms with Gasteiger partial charge in [-0.2, -0.15) is 0 Å². The second-order valence-electron chi connectivity index (χ2n) is 6.63. The first-order valence-corrected chi connectivity index (χ1v) is 8.18. The van der Waals surface area contributed by atoms with E-state index in [0.29, 0.717) is 23.7 Å². The summed E-state index contributed by atoms with van der Waals surface area (Å²) in [7, 11) is 0. The van der Waals surface area contributed by atoms with E-state index in [4.69, 9.17) is 11.6 Å². The Balaban J connectivity index is 2.01. The van der Waals surface area contributed by atoms with E-state index in [-0.39, 0.29) is 24.3 Å². The standard InChI is InChI=1S/C17H23ClN2O3/c1-17(2,11-21)19-15(22)13-4-3-9-20(10-13)16(23)12-5-7-14(18)8-6-12/h5-8,13,21H,3-4,9-11H2,1-2H3,(H,19,22). The summed E-state index contributed by atoms with van der Waals surface area (Å²) < 4.78 is 0. The highest BCUT2D eigenvalue weighted by Crippen LogP contribution is 2.20. The molecule has 0 spiro atoms. The van der Waals surface area contributed by atoms with Crippen LogP contribution in [0.4, 0.5) is 0 Å². The average molecular weight is 339 g/mol. The number of amides is 2. The average Bonchev–Trinajstić information content (AvgIpc) is 2.54. The summed E-state index contributed by atoms with van der Waals surface area (Å²) in [6, 6.07) is 6.77. The summed E-state index contributed by atoms with van der Waals surface area (Å²) in [4.78, 5) is 26.6. The number of hydrogen-bond donors (Lipinski definition) is 2. The Morgan fingerprint density at radius 1 is 1.35 bits per heavy atom. The molecule has 1 aliphatic rings. The molecule has 0 aliphatic carbocycles.